The van der Waals surface area contributed by atoms with Crippen molar-refractivity contribution < 1.29 is 28.2 Å². The average Bonchev–Trinajstić information content (AvgIpc) is 3.84. The van der Waals surface area contributed by atoms with Crippen molar-refractivity contribution in [2.24, 2.45) is 0 Å². The summed E-state index contributed by atoms with van der Waals surface area (Å²) < 4.78 is 40.3. The van der Waals surface area contributed by atoms with Gasteiger partial charge in [0.05, 0.1) is 39.3 Å². The van der Waals surface area contributed by atoms with Gasteiger partial charge >= 0.3 is 0 Å². The van der Waals surface area contributed by atoms with Crippen molar-refractivity contribution in [2.45, 2.75) is 76.7 Å². The molecular formula is C39H38ClF2N9O5. The second-order valence-electron chi connectivity index (χ2n) is 15.1. The smallest absolute Gasteiger partial charge is 0.282 e. The lowest BCUT2D eigenvalue weighted by molar-refractivity contribution is -0.116. The normalized spacial score (nSPS) is 19.0. The topological polar surface area (TPSA) is 160 Å². The number of rotatable bonds is 8. The first-order chi connectivity index (χ1) is 26.9. The Morgan fingerprint density at radius 2 is 1.84 bits per heavy atom. The van der Waals surface area contributed by atoms with Crippen LogP contribution in [0.4, 0.5) is 14.5 Å². The molecule has 290 valence electrons. The summed E-state index contributed by atoms with van der Waals surface area (Å²) in [4.78, 5) is 57.9. The number of aryl methyl sites for hydroxylation is 1. The fraction of sp³-hybridized carbons (Fsp3) is 0.410. The highest BCUT2D eigenvalue weighted by Crippen LogP contribution is 2.48. The Labute approximate surface area is 324 Å². The van der Waals surface area contributed by atoms with Crippen LogP contribution in [-0.2, 0) is 28.2 Å². The molecule has 17 heteroatoms. The fourth-order valence-corrected chi connectivity index (χ4v) is 8.39. The first kappa shape index (κ1) is 36.3. The molecular weight excluding hydrogens is 748 g/mol. The summed E-state index contributed by atoms with van der Waals surface area (Å²) in [5.41, 5.74) is 0.467. The lowest BCUT2D eigenvalue weighted by Crippen LogP contribution is -2.47. The van der Waals surface area contributed by atoms with E-state index in [4.69, 9.17) is 16.3 Å². The van der Waals surface area contributed by atoms with Crippen molar-refractivity contribution in [3.05, 3.63) is 97.4 Å². The van der Waals surface area contributed by atoms with Gasteiger partial charge in [-0.3, -0.25) is 19.3 Å². The van der Waals surface area contributed by atoms with E-state index in [-0.39, 0.29) is 84.5 Å². The number of fused-ring (bicyclic) bond motifs is 3. The molecule has 2 amide bonds. The van der Waals surface area contributed by atoms with Gasteiger partial charge in [0.2, 0.25) is 11.7 Å². The molecule has 1 spiro atoms. The number of benzene rings is 2. The molecule has 2 aromatic carbocycles. The van der Waals surface area contributed by atoms with E-state index in [1.807, 2.05) is 17.0 Å². The molecule has 14 nitrogen and oxygen atoms in total. The number of halogens is 3. The van der Waals surface area contributed by atoms with E-state index in [0.29, 0.717) is 22.3 Å². The predicted molar refractivity (Wildman–Crippen MR) is 199 cm³/mol. The summed E-state index contributed by atoms with van der Waals surface area (Å²) >= 11 is 6.59. The largest absolute Gasteiger partial charge is 0.504 e. The third kappa shape index (κ3) is 6.19. The monoisotopic (exact) mass is 785 g/mol. The van der Waals surface area contributed by atoms with Gasteiger partial charge in [-0.2, -0.15) is 9.50 Å². The van der Waals surface area contributed by atoms with Gasteiger partial charge in [-0.15, -0.1) is 5.10 Å². The molecule has 9 rings (SSSR count). The lowest BCUT2D eigenvalue weighted by Gasteiger charge is -2.39. The number of hydrogen-bond acceptors (Lipinski definition) is 10. The Hall–Kier alpha value is -5.32. The summed E-state index contributed by atoms with van der Waals surface area (Å²) in [7, 11) is 0. The quantitative estimate of drug-likeness (QED) is 0.213. The van der Waals surface area contributed by atoms with E-state index < -0.39 is 40.7 Å². The van der Waals surface area contributed by atoms with Crippen LogP contribution in [0.5, 0.6) is 5.75 Å². The number of anilines is 1. The van der Waals surface area contributed by atoms with Gasteiger partial charge in [-0.25, -0.2) is 18.7 Å². The highest BCUT2D eigenvalue weighted by molar-refractivity contribution is 6.33. The van der Waals surface area contributed by atoms with Crippen molar-refractivity contribution >= 4 is 34.9 Å². The number of piperidine rings is 1. The van der Waals surface area contributed by atoms with Gasteiger partial charge in [0.1, 0.15) is 30.1 Å². The Morgan fingerprint density at radius 3 is 2.54 bits per heavy atom. The van der Waals surface area contributed by atoms with Crippen molar-refractivity contribution in [3.63, 3.8) is 0 Å². The van der Waals surface area contributed by atoms with Crippen LogP contribution >= 0.6 is 11.6 Å². The zero-order valence-corrected chi connectivity index (χ0v) is 31.4. The number of nitrogens with one attached hydrogen (secondary N) is 1. The zero-order chi connectivity index (χ0) is 39.0. The van der Waals surface area contributed by atoms with Gasteiger partial charge in [0.25, 0.3) is 11.5 Å². The number of nitrogens with zero attached hydrogens (tertiary/aromatic N) is 8. The number of hydrogen-bond donors (Lipinski definition) is 2. The summed E-state index contributed by atoms with van der Waals surface area (Å²) in [6, 6.07) is 7.72. The van der Waals surface area contributed by atoms with E-state index in [1.54, 1.807) is 19.9 Å². The van der Waals surface area contributed by atoms with Gasteiger partial charge in [-0.05, 0) is 94.8 Å². The molecule has 1 atom stereocenters. The zero-order valence-electron chi connectivity index (χ0n) is 30.7. The first-order valence-corrected chi connectivity index (χ1v) is 19.1. The van der Waals surface area contributed by atoms with E-state index in [2.05, 4.69) is 25.4 Å². The molecule has 3 aliphatic heterocycles. The first-order valence-electron chi connectivity index (χ1n) is 18.7. The Morgan fingerprint density at radius 1 is 1.07 bits per heavy atom. The summed E-state index contributed by atoms with van der Waals surface area (Å²) in [6.07, 6.45) is 4.06. The standard InChI is InChI=1S/C39H38ClF2N9O5/c1-20-34(53)32(44-19-43-20)37(55)49-12-8-39(9-13-49)31-33(21(2)56-39)50(18-30(52)45-29-7-6-23(14-26(29)40)22-4-5-22)38-46-35(47-51(38)36(31)54)25-16-27(41)24(15-28(25)42)17-48-10-3-11-48/h6-7,14-16,19,21-22,53H,3-5,8-13,17-18H2,1-2H3,(H,45,52). The van der Waals surface area contributed by atoms with Gasteiger partial charge < -0.3 is 24.6 Å². The van der Waals surface area contributed by atoms with Crippen LogP contribution < -0.4 is 10.9 Å². The van der Waals surface area contributed by atoms with E-state index in [0.717, 1.165) is 54.6 Å². The Kier molecular flexibility index (Phi) is 8.89. The minimum absolute atomic E-state index is 0.0618. The third-order valence-corrected chi connectivity index (χ3v) is 11.7. The maximum atomic E-state index is 15.7. The molecule has 1 aliphatic carbocycles. The van der Waals surface area contributed by atoms with E-state index in [1.165, 1.54) is 15.8 Å². The molecule has 4 aliphatic rings. The van der Waals surface area contributed by atoms with Crippen LogP contribution in [0, 0.1) is 18.6 Å². The number of ether oxygens (including phenoxy) is 1. The number of likely N-dealkylation sites (tertiary alicyclic amines) is 2. The Balaban J connectivity index is 1.10. The number of aromatic hydroxyl groups is 1. The maximum Gasteiger partial charge on any atom is 0.282 e. The predicted octanol–water partition coefficient (Wildman–Crippen LogP) is 5.24. The van der Waals surface area contributed by atoms with Gasteiger partial charge in [0.15, 0.2) is 17.3 Å². The van der Waals surface area contributed by atoms with Gasteiger partial charge in [-0.1, -0.05) is 17.7 Å². The van der Waals surface area contributed by atoms with Crippen LogP contribution in [0.25, 0.3) is 17.2 Å². The number of carbonyl (C=O) groups excluding carboxylic acids is 2. The molecule has 56 heavy (non-hydrogen) atoms. The van der Waals surface area contributed by atoms with Crippen LogP contribution in [-0.4, -0.2) is 82.0 Å². The molecule has 0 bridgehead atoms. The van der Waals surface area contributed by atoms with Crippen molar-refractivity contribution in [2.75, 3.05) is 31.5 Å². The second-order valence-corrected chi connectivity index (χ2v) is 15.5. The summed E-state index contributed by atoms with van der Waals surface area (Å²) in [5, 5.41) is 18.2. The molecule has 5 aromatic rings. The van der Waals surface area contributed by atoms with Crippen molar-refractivity contribution in [1.82, 2.24) is 38.9 Å². The minimum Gasteiger partial charge on any atom is -0.504 e. The molecule has 1 unspecified atom stereocenters. The molecule has 1 saturated carbocycles. The number of carbonyl (C=O) groups is 2. The number of aromatic nitrogens is 6. The van der Waals surface area contributed by atoms with E-state index >= 15 is 8.78 Å². The van der Waals surface area contributed by atoms with E-state index in [9.17, 15) is 19.5 Å². The summed E-state index contributed by atoms with van der Waals surface area (Å²) in [6.45, 7) is 5.16. The van der Waals surface area contributed by atoms with Crippen molar-refractivity contribution in [3.8, 4) is 17.1 Å². The van der Waals surface area contributed by atoms with Crippen LogP contribution in [0.3, 0.4) is 0 Å². The molecule has 6 heterocycles. The molecule has 3 aromatic heterocycles. The maximum absolute atomic E-state index is 15.7. The van der Waals surface area contributed by atoms with Crippen LogP contribution in [0.1, 0.15) is 89.6 Å². The minimum atomic E-state index is -1.19. The Bertz CT molecular complexity index is 2510. The second kappa shape index (κ2) is 13.7. The number of amides is 2. The highest BCUT2D eigenvalue weighted by atomic mass is 35.5. The SMILES string of the molecule is Cc1ncnc(C(=O)N2CCC3(CC2)OC(C)c2c3c(=O)n3nc(-c4cc(F)c(CN5CCC5)cc4F)nc3n2CC(=O)Nc2ccc(C3CC3)cc2Cl)c1O. The molecule has 0 radical (unpaired) electrons. The van der Waals surface area contributed by atoms with Crippen molar-refractivity contribution in [1.29, 1.82) is 0 Å². The third-order valence-electron chi connectivity index (χ3n) is 11.4. The van der Waals surface area contributed by atoms with Crippen LogP contribution in [0.2, 0.25) is 5.02 Å². The summed E-state index contributed by atoms with van der Waals surface area (Å²) in [5.74, 6) is -2.47. The molecule has 2 N–H and O–H groups in total. The molecule has 3 fully saturated rings. The molecule has 2 saturated heterocycles. The van der Waals surface area contributed by atoms with Gasteiger partial charge in [0, 0.05) is 25.2 Å². The van der Waals surface area contributed by atoms with Crippen LogP contribution in [0.15, 0.2) is 41.5 Å². The highest BCUT2D eigenvalue weighted by Gasteiger charge is 2.51. The average molecular weight is 786 g/mol. The fourth-order valence-electron chi connectivity index (χ4n) is 8.16. The lowest BCUT2D eigenvalue weighted by atomic mass is 9.85.